The SMILES string of the molecule is NCC1CC(=O)N(C2CCN(Cc3cccs3)CC2)C1. The van der Waals surface area contributed by atoms with Gasteiger partial charge in [0.2, 0.25) is 5.91 Å². The maximum Gasteiger partial charge on any atom is 0.223 e. The van der Waals surface area contributed by atoms with Crippen LogP contribution in [0.4, 0.5) is 0 Å². The first-order chi connectivity index (χ1) is 9.76. The Labute approximate surface area is 124 Å². The van der Waals surface area contributed by atoms with Crippen molar-refractivity contribution in [3.63, 3.8) is 0 Å². The molecule has 1 unspecified atom stereocenters. The molecule has 0 saturated carbocycles. The van der Waals surface area contributed by atoms with Crippen LogP contribution >= 0.6 is 11.3 Å². The van der Waals surface area contributed by atoms with E-state index < -0.39 is 0 Å². The van der Waals surface area contributed by atoms with Gasteiger partial charge in [-0.25, -0.2) is 0 Å². The van der Waals surface area contributed by atoms with E-state index in [9.17, 15) is 4.79 Å². The van der Waals surface area contributed by atoms with Gasteiger partial charge in [0.05, 0.1) is 0 Å². The maximum absolute atomic E-state index is 12.0. The van der Waals surface area contributed by atoms with Gasteiger partial charge in [-0.1, -0.05) is 6.07 Å². The van der Waals surface area contributed by atoms with E-state index in [0.717, 1.165) is 39.0 Å². The smallest absolute Gasteiger partial charge is 0.223 e. The number of piperidine rings is 1. The van der Waals surface area contributed by atoms with Crippen LogP contribution in [0.3, 0.4) is 0 Å². The molecule has 2 aliphatic heterocycles. The van der Waals surface area contributed by atoms with E-state index in [0.29, 0.717) is 30.8 Å². The molecular weight excluding hydrogens is 270 g/mol. The predicted molar refractivity (Wildman–Crippen MR) is 81.5 cm³/mol. The monoisotopic (exact) mass is 293 g/mol. The molecule has 110 valence electrons. The number of likely N-dealkylation sites (tertiary alicyclic amines) is 2. The second-order valence-corrected chi connectivity index (χ2v) is 6.97. The van der Waals surface area contributed by atoms with E-state index in [1.165, 1.54) is 4.88 Å². The van der Waals surface area contributed by atoms with Crippen LogP contribution in [0.15, 0.2) is 17.5 Å². The third kappa shape index (κ3) is 3.05. The van der Waals surface area contributed by atoms with Gasteiger partial charge in [0.1, 0.15) is 0 Å². The molecular formula is C15H23N3OS. The van der Waals surface area contributed by atoms with E-state index in [2.05, 4.69) is 27.3 Å². The molecule has 1 amide bonds. The second-order valence-electron chi connectivity index (χ2n) is 5.94. The fourth-order valence-electron chi connectivity index (χ4n) is 3.33. The first-order valence-corrected chi connectivity index (χ1v) is 8.38. The molecule has 1 atom stereocenters. The van der Waals surface area contributed by atoms with Crippen LogP contribution in [0.1, 0.15) is 24.1 Å². The first-order valence-electron chi connectivity index (χ1n) is 7.50. The second kappa shape index (κ2) is 6.24. The highest BCUT2D eigenvalue weighted by molar-refractivity contribution is 7.09. The fourth-order valence-corrected chi connectivity index (χ4v) is 4.08. The van der Waals surface area contributed by atoms with Crippen molar-refractivity contribution < 1.29 is 4.79 Å². The minimum atomic E-state index is 0.317. The molecule has 3 rings (SSSR count). The van der Waals surface area contributed by atoms with Crippen LogP contribution in [0.25, 0.3) is 0 Å². The average molecular weight is 293 g/mol. The number of amides is 1. The lowest BCUT2D eigenvalue weighted by molar-refractivity contribution is -0.130. The quantitative estimate of drug-likeness (QED) is 0.915. The van der Waals surface area contributed by atoms with Crippen LogP contribution in [0.2, 0.25) is 0 Å². The van der Waals surface area contributed by atoms with E-state index in [-0.39, 0.29) is 0 Å². The molecule has 0 bridgehead atoms. The Balaban J connectivity index is 1.50. The normalized spacial score (nSPS) is 25.6. The summed E-state index contributed by atoms with van der Waals surface area (Å²) in [5.41, 5.74) is 5.70. The topological polar surface area (TPSA) is 49.6 Å². The van der Waals surface area contributed by atoms with Gasteiger partial charge in [-0.15, -0.1) is 11.3 Å². The van der Waals surface area contributed by atoms with Crippen molar-refractivity contribution in [2.75, 3.05) is 26.2 Å². The summed E-state index contributed by atoms with van der Waals surface area (Å²) >= 11 is 1.83. The van der Waals surface area contributed by atoms with Crippen molar-refractivity contribution in [1.82, 2.24) is 9.80 Å². The van der Waals surface area contributed by atoms with Gasteiger partial charge < -0.3 is 10.6 Å². The van der Waals surface area contributed by atoms with Gasteiger partial charge in [0.25, 0.3) is 0 Å². The van der Waals surface area contributed by atoms with Crippen molar-refractivity contribution in [1.29, 1.82) is 0 Å². The first kappa shape index (κ1) is 14.0. The van der Waals surface area contributed by atoms with E-state index in [1.807, 2.05) is 11.3 Å². The summed E-state index contributed by atoms with van der Waals surface area (Å²) in [5.74, 6) is 0.698. The number of carbonyl (C=O) groups excluding carboxylic acids is 1. The Morgan fingerprint density at radius 3 is 2.75 bits per heavy atom. The molecule has 1 aromatic heterocycles. The third-order valence-electron chi connectivity index (χ3n) is 4.53. The van der Waals surface area contributed by atoms with Crippen LogP contribution in [0, 0.1) is 5.92 Å². The largest absolute Gasteiger partial charge is 0.339 e. The molecule has 0 aromatic carbocycles. The molecule has 1 aromatic rings. The minimum Gasteiger partial charge on any atom is -0.339 e. The number of thiophene rings is 1. The Bertz CT molecular complexity index is 440. The van der Waals surface area contributed by atoms with Crippen molar-refractivity contribution in [2.24, 2.45) is 11.7 Å². The Morgan fingerprint density at radius 1 is 1.35 bits per heavy atom. The number of hydrogen-bond donors (Lipinski definition) is 1. The Hall–Kier alpha value is -0.910. The zero-order chi connectivity index (χ0) is 13.9. The lowest BCUT2D eigenvalue weighted by Gasteiger charge is -2.36. The van der Waals surface area contributed by atoms with E-state index in [1.54, 1.807) is 0 Å². The standard InChI is InChI=1S/C15H23N3OS/c16-9-12-8-15(19)18(10-12)13-3-5-17(6-4-13)11-14-2-1-7-20-14/h1-2,7,12-13H,3-6,8-11,16H2. The highest BCUT2D eigenvalue weighted by Crippen LogP contribution is 2.26. The predicted octanol–water partition coefficient (Wildman–Crippen LogP) is 1.52. The fraction of sp³-hybridized carbons (Fsp3) is 0.667. The number of rotatable bonds is 4. The zero-order valence-corrected chi connectivity index (χ0v) is 12.6. The van der Waals surface area contributed by atoms with Crippen LogP contribution in [0.5, 0.6) is 0 Å². The Morgan fingerprint density at radius 2 is 2.15 bits per heavy atom. The number of hydrogen-bond acceptors (Lipinski definition) is 4. The van der Waals surface area contributed by atoms with Gasteiger partial charge in [0.15, 0.2) is 0 Å². The summed E-state index contributed by atoms with van der Waals surface area (Å²) in [4.78, 5) is 18.1. The van der Waals surface area contributed by atoms with Gasteiger partial charge in [0, 0.05) is 43.5 Å². The van der Waals surface area contributed by atoms with Crippen LogP contribution in [-0.4, -0.2) is 47.9 Å². The number of nitrogens with zero attached hydrogens (tertiary/aromatic N) is 2. The average Bonchev–Trinajstić information content (AvgIpc) is 3.09. The van der Waals surface area contributed by atoms with Crippen LogP contribution in [-0.2, 0) is 11.3 Å². The van der Waals surface area contributed by atoms with E-state index >= 15 is 0 Å². The van der Waals surface area contributed by atoms with Crippen molar-refractivity contribution >= 4 is 17.2 Å². The molecule has 2 N–H and O–H groups in total. The summed E-state index contributed by atoms with van der Waals surface area (Å²) in [6, 6.07) is 4.76. The molecule has 4 nitrogen and oxygen atoms in total. The van der Waals surface area contributed by atoms with Gasteiger partial charge in [-0.2, -0.15) is 0 Å². The van der Waals surface area contributed by atoms with Crippen molar-refractivity contribution in [3.8, 4) is 0 Å². The summed E-state index contributed by atoms with van der Waals surface area (Å²) < 4.78 is 0. The molecule has 2 fully saturated rings. The summed E-state index contributed by atoms with van der Waals surface area (Å²) in [6.45, 7) is 4.77. The lowest BCUT2D eigenvalue weighted by atomic mass is 10.0. The zero-order valence-electron chi connectivity index (χ0n) is 11.8. The van der Waals surface area contributed by atoms with Gasteiger partial charge in [-0.05, 0) is 36.8 Å². The summed E-state index contributed by atoms with van der Waals surface area (Å²) in [7, 11) is 0. The minimum absolute atomic E-state index is 0.317. The molecule has 0 radical (unpaired) electrons. The van der Waals surface area contributed by atoms with Gasteiger partial charge in [-0.3, -0.25) is 9.69 Å². The number of carbonyl (C=O) groups is 1. The highest BCUT2D eigenvalue weighted by Gasteiger charge is 2.35. The summed E-state index contributed by atoms with van der Waals surface area (Å²) in [6.07, 6.45) is 2.87. The highest BCUT2D eigenvalue weighted by atomic mass is 32.1. The molecule has 2 saturated heterocycles. The number of nitrogens with two attached hydrogens (primary N) is 1. The molecule has 2 aliphatic rings. The molecule has 0 aliphatic carbocycles. The third-order valence-corrected chi connectivity index (χ3v) is 5.39. The molecule has 0 spiro atoms. The van der Waals surface area contributed by atoms with Crippen LogP contribution < -0.4 is 5.73 Å². The Kier molecular flexibility index (Phi) is 4.38. The van der Waals surface area contributed by atoms with Crippen molar-refractivity contribution in [2.45, 2.75) is 31.8 Å². The van der Waals surface area contributed by atoms with E-state index in [4.69, 9.17) is 5.73 Å². The molecule has 3 heterocycles. The van der Waals surface area contributed by atoms with Gasteiger partial charge >= 0.3 is 0 Å². The lowest BCUT2D eigenvalue weighted by Crippen LogP contribution is -2.45. The van der Waals surface area contributed by atoms with Crippen molar-refractivity contribution in [3.05, 3.63) is 22.4 Å². The molecule has 5 heteroatoms. The molecule has 20 heavy (non-hydrogen) atoms. The summed E-state index contributed by atoms with van der Waals surface area (Å²) in [5, 5.41) is 2.14. The maximum atomic E-state index is 12.0.